The summed E-state index contributed by atoms with van der Waals surface area (Å²) in [4.78, 5) is 32.2. The van der Waals surface area contributed by atoms with E-state index >= 15 is 0 Å². The molecule has 0 unspecified atom stereocenters. The SMILES string of the molecule is CCOC(=O)c1sc(NC(=O)CSc2nc3ccc(C)cc3[nH]2)cc1C. The van der Waals surface area contributed by atoms with Crippen LogP contribution in [0.5, 0.6) is 0 Å². The minimum absolute atomic E-state index is 0.150. The van der Waals surface area contributed by atoms with Crippen molar-refractivity contribution in [2.75, 3.05) is 17.7 Å². The van der Waals surface area contributed by atoms with E-state index in [0.29, 0.717) is 21.6 Å². The second kappa shape index (κ2) is 7.92. The Morgan fingerprint density at radius 2 is 2.12 bits per heavy atom. The van der Waals surface area contributed by atoms with E-state index in [1.54, 1.807) is 13.0 Å². The van der Waals surface area contributed by atoms with Gasteiger partial charge in [0, 0.05) is 0 Å². The van der Waals surface area contributed by atoms with Gasteiger partial charge in [0.05, 0.1) is 28.4 Å². The number of nitrogens with zero attached hydrogens (tertiary/aromatic N) is 1. The molecule has 1 aromatic carbocycles. The first-order valence-electron chi connectivity index (χ1n) is 8.13. The number of esters is 1. The number of fused-ring (bicyclic) bond motifs is 1. The third-order valence-corrected chi connectivity index (χ3v) is 5.60. The Balaban J connectivity index is 1.60. The molecule has 0 bridgehead atoms. The molecule has 0 radical (unpaired) electrons. The number of hydrogen-bond donors (Lipinski definition) is 2. The van der Waals surface area contributed by atoms with Gasteiger partial charge in [-0.1, -0.05) is 17.8 Å². The highest BCUT2D eigenvalue weighted by molar-refractivity contribution is 7.99. The van der Waals surface area contributed by atoms with Gasteiger partial charge in [-0.2, -0.15) is 0 Å². The number of aromatic nitrogens is 2. The summed E-state index contributed by atoms with van der Waals surface area (Å²) in [5, 5.41) is 4.16. The van der Waals surface area contributed by atoms with Crippen LogP contribution in [0.3, 0.4) is 0 Å². The van der Waals surface area contributed by atoms with Crippen LogP contribution in [0.1, 0.15) is 27.7 Å². The van der Waals surface area contributed by atoms with Crippen LogP contribution in [0.15, 0.2) is 29.4 Å². The fraction of sp³-hybridized carbons (Fsp3) is 0.278. The maximum Gasteiger partial charge on any atom is 0.348 e. The number of anilines is 1. The number of ether oxygens (including phenoxy) is 1. The number of carbonyl (C=O) groups excluding carboxylic acids is 2. The Hall–Kier alpha value is -2.32. The Morgan fingerprint density at radius 1 is 1.31 bits per heavy atom. The lowest BCUT2D eigenvalue weighted by Crippen LogP contribution is -2.13. The smallest absolute Gasteiger partial charge is 0.348 e. The highest BCUT2D eigenvalue weighted by atomic mass is 32.2. The Labute approximate surface area is 159 Å². The second-order valence-corrected chi connectivity index (χ2v) is 7.76. The predicted molar refractivity (Wildman–Crippen MR) is 105 cm³/mol. The summed E-state index contributed by atoms with van der Waals surface area (Å²) < 4.78 is 5.01. The Kier molecular flexibility index (Phi) is 5.63. The third-order valence-electron chi connectivity index (χ3n) is 3.60. The number of rotatable bonds is 6. The molecule has 0 aliphatic rings. The van der Waals surface area contributed by atoms with Crippen LogP contribution in [0.4, 0.5) is 5.00 Å². The molecule has 2 N–H and O–H groups in total. The molecule has 2 aromatic heterocycles. The summed E-state index contributed by atoms with van der Waals surface area (Å²) >= 11 is 2.56. The Bertz CT molecular complexity index is 962. The van der Waals surface area contributed by atoms with Crippen molar-refractivity contribution in [3.63, 3.8) is 0 Å². The van der Waals surface area contributed by atoms with Crippen LogP contribution in [0.25, 0.3) is 11.0 Å². The minimum atomic E-state index is -0.359. The van der Waals surface area contributed by atoms with Gasteiger partial charge in [-0.3, -0.25) is 4.79 Å². The normalized spacial score (nSPS) is 10.9. The topological polar surface area (TPSA) is 84.1 Å². The highest BCUT2D eigenvalue weighted by Gasteiger charge is 2.16. The molecule has 1 amide bonds. The first-order valence-corrected chi connectivity index (χ1v) is 9.93. The Morgan fingerprint density at radius 3 is 2.88 bits per heavy atom. The first-order chi connectivity index (χ1) is 12.5. The van der Waals surface area contributed by atoms with E-state index in [1.165, 1.54) is 23.1 Å². The van der Waals surface area contributed by atoms with Crippen LogP contribution < -0.4 is 5.32 Å². The third kappa shape index (κ3) is 4.25. The van der Waals surface area contributed by atoms with E-state index < -0.39 is 0 Å². The largest absolute Gasteiger partial charge is 0.462 e. The van der Waals surface area contributed by atoms with E-state index in [9.17, 15) is 9.59 Å². The molecule has 0 aliphatic heterocycles. The molecule has 0 spiro atoms. The van der Waals surface area contributed by atoms with Gasteiger partial charge < -0.3 is 15.0 Å². The number of hydrogen-bond acceptors (Lipinski definition) is 6. The number of amides is 1. The predicted octanol–water partition coefficient (Wildman–Crippen LogP) is 4.15. The van der Waals surface area contributed by atoms with Crippen molar-refractivity contribution < 1.29 is 14.3 Å². The number of nitrogens with one attached hydrogen (secondary N) is 2. The number of thioether (sulfide) groups is 1. The van der Waals surface area contributed by atoms with E-state index in [-0.39, 0.29) is 17.6 Å². The average molecular weight is 390 g/mol. The number of aromatic amines is 1. The van der Waals surface area contributed by atoms with Gasteiger partial charge in [-0.05, 0) is 50.1 Å². The lowest BCUT2D eigenvalue weighted by Gasteiger charge is -2.01. The molecular weight excluding hydrogens is 370 g/mol. The monoisotopic (exact) mass is 389 g/mol. The number of aryl methyl sites for hydroxylation is 2. The zero-order valence-corrected chi connectivity index (χ0v) is 16.3. The average Bonchev–Trinajstić information content (AvgIpc) is 3.15. The summed E-state index contributed by atoms with van der Waals surface area (Å²) in [5.74, 6) is -0.282. The molecule has 0 aliphatic carbocycles. The van der Waals surface area contributed by atoms with Crippen LogP contribution in [0, 0.1) is 13.8 Å². The molecule has 8 heteroatoms. The van der Waals surface area contributed by atoms with Crippen molar-refractivity contribution in [1.82, 2.24) is 9.97 Å². The molecule has 0 fully saturated rings. The lowest BCUT2D eigenvalue weighted by molar-refractivity contribution is -0.113. The summed E-state index contributed by atoms with van der Waals surface area (Å²) in [6, 6.07) is 7.77. The molecule has 136 valence electrons. The van der Waals surface area contributed by atoms with Crippen molar-refractivity contribution in [3.05, 3.63) is 40.3 Å². The fourth-order valence-corrected chi connectivity index (χ4v) is 4.09. The van der Waals surface area contributed by atoms with Gasteiger partial charge in [0.25, 0.3) is 0 Å². The van der Waals surface area contributed by atoms with Gasteiger partial charge in [0.1, 0.15) is 4.88 Å². The summed E-state index contributed by atoms with van der Waals surface area (Å²) in [6.07, 6.45) is 0. The second-order valence-electron chi connectivity index (χ2n) is 5.74. The first kappa shape index (κ1) is 18.5. The number of thiophene rings is 1. The van der Waals surface area contributed by atoms with E-state index in [1.807, 2.05) is 32.0 Å². The van der Waals surface area contributed by atoms with Gasteiger partial charge in [-0.15, -0.1) is 11.3 Å². The molecule has 0 saturated heterocycles. The molecule has 0 atom stereocenters. The van der Waals surface area contributed by atoms with Crippen molar-refractivity contribution >= 4 is 51.0 Å². The number of carbonyl (C=O) groups is 2. The van der Waals surface area contributed by atoms with Crippen LogP contribution in [-0.2, 0) is 9.53 Å². The van der Waals surface area contributed by atoms with Gasteiger partial charge >= 0.3 is 5.97 Å². The molecule has 26 heavy (non-hydrogen) atoms. The molecule has 2 heterocycles. The van der Waals surface area contributed by atoms with Gasteiger partial charge in [-0.25, -0.2) is 9.78 Å². The molecule has 3 rings (SSSR count). The van der Waals surface area contributed by atoms with Gasteiger partial charge in [0.2, 0.25) is 5.91 Å². The minimum Gasteiger partial charge on any atom is -0.462 e. The fourth-order valence-electron chi connectivity index (χ4n) is 2.42. The van der Waals surface area contributed by atoms with Crippen molar-refractivity contribution in [1.29, 1.82) is 0 Å². The molecular formula is C18H19N3O3S2. The van der Waals surface area contributed by atoms with E-state index in [4.69, 9.17) is 4.74 Å². The molecule has 3 aromatic rings. The number of benzene rings is 1. The summed E-state index contributed by atoms with van der Waals surface area (Å²) in [5.41, 5.74) is 3.79. The van der Waals surface area contributed by atoms with Crippen LogP contribution in [-0.4, -0.2) is 34.2 Å². The number of H-pyrrole nitrogens is 1. The lowest BCUT2D eigenvalue weighted by atomic mass is 10.2. The summed E-state index contributed by atoms with van der Waals surface area (Å²) in [6.45, 7) is 5.93. The maximum absolute atomic E-state index is 12.2. The van der Waals surface area contributed by atoms with Crippen LogP contribution in [0.2, 0.25) is 0 Å². The molecule has 6 nitrogen and oxygen atoms in total. The molecule has 0 saturated carbocycles. The quantitative estimate of drug-likeness (QED) is 0.489. The van der Waals surface area contributed by atoms with Crippen molar-refractivity contribution in [3.8, 4) is 0 Å². The maximum atomic E-state index is 12.2. The standard InChI is InChI=1S/C18H19N3O3S2/c1-4-24-17(23)16-11(3)8-15(26-16)21-14(22)9-25-18-19-12-6-5-10(2)7-13(12)20-18/h5-8H,4,9H2,1-3H3,(H,19,20)(H,21,22). The van der Waals surface area contributed by atoms with Crippen molar-refractivity contribution in [2.24, 2.45) is 0 Å². The van der Waals surface area contributed by atoms with Crippen LogP contribution >= 0.6 is 23.1 Å². The summed E-state index contributed by atoms with van der Waals surface area (Å²) in [7, 11) is 0. The van der Waals surface area contributed by atoms with E-state index in [0.717, 1.165) is 22.2 Å². The van der Waals surface area contributed by atoms with Gasteiger partial charge in [0.15, 0.2) is 5.16 Å². The zero-order valence-electron chi connectivity index (χ0n) is 14.7. The van der Waals surface area contributed by atoms with E-state index in [2.05, 4.69) is 15.3 Å². The number of imidazole rings is 1. The highest BCUT2D eigenvalue weighted by Crippen LogP contribution is 2.28. The zero-order chi connectivity index (χ0) is 18.7. The van der Waals surface area contributed by atoms with Crippen molar-refractivity contribution in [2.45, 2.75) is 25.9 Å².